The van der Waals surface area contributed by atoms with E-state index >= 15 is 0 Å². The van der Waals surface area contributed by atoms with Gasteiger partial charge >= 0.3 is 6.09 Å². The van der Waals surface area contributed by atoms with Crippen LogP contribution in [0.1, 0.15) is 16.6 Å². The minimum absolute atomic E-state index is 0.00455. The lowest BCUT2D eigenvalue weighted by molar-refractivity contribution is 0.0574. The van der Waals surface area contributed by atoms with Gasteiger partial charge in [-0.2, -0.15) is 0 Å². The largest absolute Gasteiger partial charge is 0.450 e. The van der Waals surface area contributed by atoms with Crippen molar-refractivity contribution in [3.05, 3.63) is 19.2 Å². The molecule has 1 aromatic rings. The van der Waals surface area contributed by atoms with E-state index in [1.54, 1.807) is 16.7 Å². The first kappa shape index (κ1) is 15.8. The third kappa shape index (κ3) is 3.53. The number of hydrogen-bond acceptors (Lipinski definition) is 4. The van der Waals surface area contributed by atoms with Gasteiger partial charge in [-0.15, -0.1) is 11.3 Å². The first-order valence-electron chi connectivity index (χ1n) is 6.18. The van der Waals surface area contributed by atoms with Gasteiger partial charge in [-0.1, -0.05) is 0 Å². The summed E-state index contributed by atoms with van der Waals surface area (Å²) in [6.45, 7) is 4.24. The quantitative estimate of drug-likeness (QED) is 0.731. The van der Waals surface area contributed by atoms with Crippen molar-refractivity contribution in [2.75, 3.05) is 32.8 Å². The van der Waals surface area contributed by atoms with Gasteiger partial charge < -0.3 is 14.5 Å². The van der Waals surface area contributed by atoms with Gasteiger partial charge in [0.1, 0.15) is 0 Å². The predicted octanol–water partition coefficient (Wildman–Crippen LogP) is 3.19. The molecule has 0 atom stereocenters. The summed E-state index contributed by atoms with van der Waals surface area (Å²) in [4.78, 5) is 28.0. The predicted molar refractivity (Wildman–Crippen MR) is 84.2 cm³/mol. The number of thiophene rings is 1. The van der Waals surface area contributed by atoms with Gasteiger partial charge in [-0.05, 0) is 44.8 Å². The van der Waals surface area contributed by atoms with Gasteiger partial charge in [0.25, 0.3) is 5.91 Å². The Balaban J connectivity index is 1.93. The summed E-state index contributed by atoms with van der Waals surface area (Å²) in [7, 11) is 0. The maximum atomic E-state index is 12.3. The number of nitrogens with zero attached hydrogens (tertiary/aromatic N) is 2. The normalized spacial score (nSPS) is 15.3. The third-order valence-electron chi connectivity index (χ3n) is 2.95. The molecule has 1 saturated heterocycles. The van der Waals surface area contributed by atoms with Crippen molar-refractivity contribution in [1.29, 1.82) is 0 Å². The number of rotatable bonds is 2. The fraction of sp³-hybridized carbons (Fsp3) is 0.500. The Labute approximate surface area is 138 Å². The van der Waals surface area contributed by atoms with Gasteiger partial charge in [0.15, 0.2) is 0 Å². The number of hydrogen-bond donors (Lipinski definition) is 0. The van der Waals surface area contributed by atoms with Crippen molar-refractivity contribution in [3.63, 3.8) is 0 Å². The number of carbonyl (C=O) groups is 2. The van der Waals surface area contributed by atoms with Gasteiger partial charge in [0.2, 0.25) is 0 Å². The molecule has 110 valence electrons. The average molecular weight is 426 g/mol. The molecular formula is C12H14Br2N2O3S. The fourth-order valence-electron chi connectivity index (χ4n) is 1.91. The molecule has 8 heteroatoms. The van der Waals surface area contributed by atoms with E-state index in [4.69, 9.17) is 4.74 Å². The topological polar surface area (TPSA) is 49.9 Å². The monoisotopic (exact) mass is 424 g/mol. The zero-order valence-electron chi connectivity index (χ0n) is 10.9. The molecular weight excluding hydrogens is 412 g/mol. The molecule has 20 heavy (non-hydrogen) atoms. The number of ether oxygens (including phenoxy) is 1. The Morgan fingerprint density at radius 1 is 1.25 bits per heavy atom. The molecule has 1 aliphatic rings. The number of halogens is 2. The molecule has 0 aromatic carbocycles. The lowest BCUT2D eigenvalue weighted by atomic mass is 10.3. The van der Waals surface area contributed by atoms with Crippen LogP contribution < -0.4 is 0 Å². The second-order valence-electron chi connectivity index (χ2n) is 4.21. The van der Waals surface area contributed by atoms with Crippen molar-refractivity contribution in [1.82, 2.24) is 9.80 Å². The Bertz CT molecular complexity index is 493. The van der Waals surface area contributed by atoms with Crippen LogP contribution in [0.15, 0.2) is 14.3 Å². The summed E-state index contributed by atoms with van der Waals surface area (Å²) in [5, 5.41) is 0. The molecule has 0 aliphatic carbocycles. The van der Waals surface area contributed by atoms with E-state index in [1.165, 1.54) is 11.3 Å². The molecule has 0 radical (unpaired) electrons. The Morgan fingerprint density at radius 3 is 2.35 bits per heavy atom. The molecule has 0 bridgehead atoms. The van der Waals surface area contributed by atoms with E-state index in [0.717, 1.165) is 8.26 Å². The second-order valence-corrected chi connectivity index (χ2v) is 7.43. The molecule has 2 amide bonds. The maximum Gasteiger partial charge on any atom is 0.409 e. The minimum atomic E-state index is -0.304. The Morgan fingerprint density at radius 2 is 1.85 bits per heavy atom. The Hall–Kier alpha value is -0.600. The van der Waals surface area contributed by atoms with Crippen LogP contribution in [0.25, 0.3) is 0 Å². The van der Waals surface area contributed by atoms with Crippen LogP contribution in [0.4, 0.5) is 4.79 Å². The first-order valence-corrected chi connectivity index (χ1v) is 8.59. The van der Waals surface area contributed by atoms with Crippen molar-refractivity contribution < 1.29 is 14.3 Å². The van der Waals surface area contributed by atoms with Crippen LogP contribution in [-0.4, -0.2) is 54.6 Å². The number of carbonyl (C=O) groups excluding carboxylic acids is 2. The molecule has 2 rings (SSSR count). The summed E-state index contributed by atoms with van der Waals surface area (Å²) < 4.78 is 6.75. The lowest BCUT2D eigenvalue weighted by Crippen LogP contribution is -2.50. The van der Waals surface area contributed by atoms with Crippen LogP contribution >= 0.6 is 43.2 Å². The zero-order chi connectivity index (χ0) is 14.7. The number of piperazine rings is 1. The molecule has 0 N–H and O–H groups in total. The highest BCUT2D eigenvalue weighted by molar-refractivity contribution is 9.13. The molecule has 0 spiro atoms. The summed E-state index contributed by atoms with van der Waals surface area (Å²) in [6.07, 6.45) is -0.304. The minimum Gasteiger partial charge on any atom is -0.450 e. The van der Waals surface area contributed by atoms with Gasteiger partial charge in [0, 0.05) is 30.7 Å². The fourth-order valence-corrected chi connectivity index (χ4v) is 3.92. The maximum absolute atomic E-state index is 12.3. The van der Waals surface area contributed by atoms with Crippen LogP contribution in [0.3, 0.4) is 0 Å². The summed E-state index contributed by atoms with van der Waals surface area (Å²) in [5.41, 5.74) is 0. The summed E-state index contributed by atoms with van der Waals surface area (Å²) in [5.74, 6) is 0.00455. The van der Waals surface area contributed by atoms with Gasteiger partial charge in [-0.25, -0.2) is 4.79 Å². The van der Waals surface area contributed by atoms with Crippen molar-refractivity contribution in [2.24, 2.45) is 0 Å². The summed E-state index contributed by atoms with van der Waals surface area (Å²) in [6, 6.07) is 1.81. The Kier molecular flexibility index (Phi) is 5.45. The van der Waals surface area contributed by atoms with E-state index < -0.39 is 0 Å². The highest BCUT2D eigenvalue weighted by Crippen LogP contribution is 2.33. The van der Waals surface area contributed by atoms with Crippen LogP contribution in [0.2, 0.25) is 0 Å². The van der Waals surface area contributed by atoms with Crippen molar-refractivity contribution in [2.45, 2.75) is 6.92 Å². The van der Waals surface area contributed by atoms with E-state index in [1.807, 2.05) is 6.07 Å². The van der Waals surface area contributed by atoms with E-state index in [9.17, 15) is 9.59 Å². The van der Waals surface area contributed by atoms with Crippen molar-refractivity contribution >= 4 is 55.2 Å². The third-order valence-corrected chi connectivity index (χ3v) is 6.19. The lowest BCUT2D eigenvalue weighted by Gasteiger charge is -2.33. The highest BCUT2D eigenvalue weighted by atomic mass is 79.9. The van der Waals surface area contributed by atoms with Gasteiger partial charge in [-0.3, -0.25) is 4.79 Å². The van der Waals surface area contributed by atoms with Crippen molar-refractivity contribution in [3.8, 4) is 0 Å². The van der Waals surface area contributed by atoms with Gasteiger partial charge in [0.05, 0.1) is 15.3 Å². The van der Waals surface area contributed by atoms with E-state index in [-0.39, 0.29) is 12.0 Å². The second kappa shape index (κ2) is 6.91. The van der Waals surface area contributed by atoms with Crippen LogP contribution in [-0.2, 0) is 4.74 Å². The molecule has 0 saturated carbocycles. The smallest absolute Gasteiger partial charge is 0.409 e. The summed E-state index contributed by atoms with van der Waals surface area (Å²) >= 11 is 8.17. The molecule has 0 unspecified atom stereocenters. The molecule has 5 nitrogen and oxygen atoms in total. The van der Waals surface area contributed by atoms with E-state index in [2.05, 4.69) is 31.9 Å². The number of amides is 2. The molecule has 1 aromatic heterocycles. The highest BCUT2D eigenvalue weighted by Gasteiger charge is 2.26. The van der Waals surface area contributed by atoms with Crippen LogP contribution in [0, 0.1) is 0 Å². The SMILES string of the molecule is CCOC(=O)N1CCN(C(=O)c2cc(Br)c(Br)s2)CC1. The average Bonchev–Trinajstić information content (AvgIpc) is 2.78. The first-order chi connectivity index (χ1) is 9.52. The molecule has 2 heterocycles. The zero-order valence-corrected chi connectivity index (χ0v) is 14.9. The standard InChI is InChI=1S/C12H14Br2N2O3S/c1-2-19-12(18)16-5-3-15(4-6-16)11(17)9-7-8(13)10(14)20-9/h7H,2-6H2,1H3. The van der Waals surface area contributed by atoms with E-state index in [0.29, 0.717) is 37.7 Å². The molecule has 1 aliphatic heterocycles. The molecule has 1 fully saturated rings. The van der Waals surface area contributed by atoms with Crippen LogP contribution in [0.5, 0.6) is 0 Å².